The SMILES string of the molecule is Cc1ccc([C@@H]2C[C@H]2NCCCc2cn(-c3ccc(-c4ncccn4)cc3)c(=O)c(N3CC4(COC4)C3)n2)cc1. The Morgan fingerprint density at radius 3 is 2.48 bits per heavy atom. The van der Waals surface area contributed by atoms with Crippen LogP contribution in [0.3, 0.4) is 0 Å². The van der Waals surface area contributed by atoms with Crippen molar-refractivity contribution in [1.29, 1.82) is 0 Å². The Bertz CT molecular complexity index is 1540. The summed E-state index contributed by atoms with van der Waals surface area (Å²) in [6.07, 6.45) is 8.34. The highest BCUT2D eigenvalue weighted by Crippen LogP contribution is 2.41. The van der Waals surface area contributed by atoms with Crippen LogP contribution in [0.4, 0.5) is 5.82 Å². The van der Waals surface area contributed by atoms with Gasteiger partial charge in [0.25, 0.3) is 5.56 Å². The molecule has 2 aromatic heterocycles. The van der Waals surface area contributed by atoms with E-state index in [0.717, 1.165) is 62.6 Å². The fourth-order valence-corrected chi connectivity index (χ4v) is 5.91. The molecule has 2 saturated heterocycles. The van der Waals surface area contributed by atoms with Crippen LogP contribution in [0, 0.1) is 12.3 Å². The summed E-state index contributed by atoms with van der Waals surface area (Å²) in [7, 11) is 0. The zero-order valence-corrected chi connectivity index (χ0v) is 22.8. The highest BCUT2D eigenvalue weighted by atomic mass is 16.5. The number of nitrogens with one attached hydrogen (secondary N) is 1. The molecule has 3 aliphatic rings. The number of nitrogens with zero attached hydrogens (tertiary/aromatic N) is 5. The van der Waals surface area contributed by atoms with Crippen molar-refractivity contribution in [2.24, 2.45) is 5.41 Å². The molecule has 8 heteroatoms. The predicted molar refractivity (Wildman–Crippen MR) is 155 cm³/mol. The van der Waals surface area contributed by atoms with Crippen molar-refractivity contribution < 1.29 is 4.74 Å². The summed E-state index contributed by atoms with van der Waals surface area (Å²) in [5.41, 5.74) is 5.51. The van der Waals surface area contributed by atoms with Crippen LogP contribution >= 0.6 is 0 Å². The van der Waals surface area contributed by atoms with E-state index in [9.17, 15) is 4.79 Å². The molecule has 0 amide bonds. The molecule has 0 bridgehead atoms. The summed E-state index contributed by atoms with van der Waals surface area (Å²) in [5, 5.41) is 3.72. The van der Waals surface area contributed by atoms with Gasteiger partial charge in [0.05, 0.1) is 24.3 Å². The number of ether oxygens (including phenoxy) is 1. The molecule has 0 unspecified atom stereocenters. The normalized spacial score (nSPS) is 20.7. The maximum Gasteiger partial charge on any atom is 0.298 e. The number of benzene rings is 2. The van der Waals surface area contributed by atoms with Gasteiger partial charge in [0.15, 0.2) is 11.6 Å². The van der Waals surface area contributed by atoms with Crippen molar-refractivity contribution in [2.75, 3.05) is 37.7 Å². The zero-order valence-electron chi connectivity index (χ0n) is 22.8. The molecule has 2 aromatic carbocycles. The van der Waals surface area contributed by atoms with Gasteiger partial charge in [-0.05, 0) is 68.6 Å². The van der Waals surface area contributed by atoms with E-state index < -0.39 is 0 Å². The number of rotatable bonds is 9. The first kappa shape index (κ1) is 25.1. The van der Waals surface area contributed by atoms with Gasteiger partial charge in [0.2, 0.25) is 0 Å². The molecule has 4 heterocycles. The molecule has 1 N–H and O–H groups in total. The third-order valence-corrected chi connectivity index (χ3v) is 8.39. The van der Waals surface area contributed by atoms with E-state index in [-0.39, 0.29) is 11.0 Å². The van der Waals surface area contributed by atoms with E-state index in [4.69, 9.17) is 9.72 Å². The Morgan fingerprint density at radius 1 is 1.02 bits per heavy atom. The molecule has 1 spiro atoms. The maximum absolute atomic E-state index is 13.6. The molecule has 7 rings (SSSR count). The molecule has 8 nitrogen and oxygen atoms in total. The Labute approximate surface area is 234 Å². The maximum atomic E-state index is 13.6. The fraction of sp³-hybridized carbons (Fsp3) is 0.375. The van der Waals surface area contributed by atoms with Crippen LogP contribution in [0.5, 0.6) is 0 Å². The number of anilines is 1. The minimum atomic E-state index is -0.0837. The monoisotopic (exact) mass is 534 g/mol. The van der Waals surface area contributed by atoms with Crippen LogP contribution in [0.15, 0.2) is 78.0 Å². The first-order chi connectivity index (χ1) is 19.6. The van der Waals surface area contributed by atoms with Crippen molar-refractivity contribution in [3.8, 4) is 17.1 Å². The first-order valence-corrected chi connectivity index (χ1v) is 14.2. The van der Waals surface area contributed by atoms with Crippen LogP contribution in [0.25, 0.3) is 17.1 Å². The summed E-state index contributed by atoms with van der Waals surface area (Å²) >= 11 is 0. The smallest absolute Gasteiger partial charge is 0.298 e. The minimum Gasteiger partial charge on any atom is -0.380 e. The van der Waals surface area contributed by atoms with Crippen molar-refractivity contribution in [3.05, 3.63) is 100 Å². The molecule has 2 atom stereocenters. The summed E-state index contributed by atoms with van der Waals surface area (Å²) in [6, 6.07) is 19.1. The summed E-state index contributed by atoms with van der Waals surface area (Å²) in [6.45, 7) is 6.26. The van der Waals surface area contributed by atoms with Crippen LogP contribution < -0.4 is 15.8 Å². The Kier molecular flexibility index (Phi) is 6.44. The second-order valence-corrected chi connectivity index (χ2v) is 11.6. The van der Waals surface area contributed by atoms with Crippen molar-refractivity contribution in [2.45, 2.75) is 38.1 Å². The molecule has 204 valence electrons. The summed E-state index contributed by atoms with van der Waals surface area (Å²) in [5.74, 6) is 1.82. The third-order valence-electron chi connectivity index (χ3n) is 8.39. The molecule has 1 saturated carbocycles. The lowest BCUT2D eigenvalue weighted by atomic mass is 9.78. The highest BCUT2D eigenvalue weighted by molar-refractivity contribution is 5.57. The second kappa shape index (κ2) is 10.3. The van der Waals surface area contributed by atoms with Crippen molar-refractivity contribution in [1.82, 2.24) is 24.8 Å². The molecule has 0 radical (unpaired) electrons. The summed E-state index contributed by atoms with van der Waals surface area (Å²) in [4.78, 5) is 29.3. The molecule has 4 aromatic rings. The Morgan fingerprint density at radius 2 is 1.77 bits per heavy atom. The number of aryl methyl sites for hydroxylation is 2. The van der Waals surface area contributed by atoms with Gasteiger partial charge < -0.3 is 15.0 Å². The Hall–Kier alpha value is -3.88. The van der Waals surface area contributed by atoms with Gasteiger partial charge in [-0.1, -0.05) is 29.8 Å². The standard InChI is InChI=1S/C32H34N6O2/c1-22-5-7-23(8-6-22)27-16-28(27)33-13-2-4-25-17-38(26-11-9-24(10-12-26)29-34-14-3-15-35-29)31(39)30(36-25)37-18-32(19-37)20-40-21-32/h3,5-12,14-15,17,27-28,33H,2,4,13,16,18-21H2,1H3/t27-,28+/m0/s1. The van der Waals surface area contributed by atoms with E-state index >= 15 is 0 Å². The van der Waals surface area contributed by atoms with Crippen molar-refractivity contribution in [3.63, 3.8) is 0 Å². The molecule has 2 aliphatic heterocycles. The van der Waals surface area contributed by atoms with Gasteiger partial charge in [0, 0.05) is 54.9 Å². The van der Waals surface area contributed by atoms with Gasteiger partial charge in [-0.25, -0.2) is 15.0 Å². The van der Waals surface area contributed by atoms with E-state index in [2.05, 4.69) is 51.4 Å². The van der Waals surface area contributed by atoms with E-state index in [1.807, 2.05) is 30.5 Å². The van der Waals surface area contributed by atoms with E-state index in [1.165, 1.54) is 17.5 Å². The molecule has 3 fully saturated rings. The number of hydrogen-bond acceptors (Lipinski definition) is 7. The van der Waals surface area contributed by atoms with Crippen molar-refractivity contribution >= 4 is 5.82 Å². The molecular formula is C32H34N6O2. The zero-order chi connectivity index (χ0) is 27.1. The molecular weight excluding hydrogens is 500 g/mol. The largest absolute Gasteiger partial charge is 0.380 e. The Balaban J connectivity index is 1.06. The number of hydrogen-bond donors (Lipinski definition) is 1. The lowest BCUT2D eigenvalue weighted by molar-refractivity contribution is -0.127. The average Bonchev–Trinajstić information content (AvgIpc) is 3.71. The second-order valence-electron chi connectivity index (χ2n) is 11.6. The van der Waals surface area contributed by atoms with Gasteiger partial charge in [-0.15, -0.1) is 0 Å². The van der Waals surface area contributed by atoms with Gasteiger partial charge >= 0.3 is 0 Å². The van der Waals surface area contributed by atoms with Crippen LogP contribution in [0.1, 0.15) is 35.6 Å². The molecule has 40 heavy (non-hydrogen) atoms. The quantitative estimate of drug-likeness (QED) is 0.326. The predicted octanol–water partition coefficient (Wildman–Crippen LogP) is 3.91. The first-order valence-electron chi connectivity index (χ1n) is 14.2. The lowest BCUT2D eigenvalue weighted by Gasteiger charge is -2.55. The molecule has 1 aliphatic carbocycles. The summed E-state index contributed by atoms with van der Waals surface area (Å²) < 4.78 is 7.19. The van der Waals surface area contributed by atoms with Crippen LogP contribution in [-0.2, 0) is 11.2 Å². The van der Waals surface area contributed by atoms with Crippen LogP contribution in [-0.4, -0.2) is 58.4 Å². The minimum absolute atomic E-state index is 0.0837. The fourth-order valence-electron chi connectivity index (χ4n) is 5.91. The van der Waals surface area contributed by atoms with E-state index in [1.54, 1.807) is 23.0 Å². The third kappa shape index (κ3) is 4.93. The van der Waals surface area contributed by atoms with Gasteiger partial charge in [0.1, 0.15) is 0 Å². The van der Waals surface area contributed by atoms with Gasteiger partial charge in [-0.2, -0.15) is 0 Å². The average molecular weight is 535 g/mol. The van der Waals surface area contributed by atoms with Crippen LogP contribution in [0.2, 0.25) is 0 Å². The van der Waals surface area contributed by atoms with Gasteiger partial charge in [-0.3, -0.25) is 9.36 Å². The lowest BCUT2D eigenvalue weighted by Crippen LogP contribution is -2.67. The highest BCUT2D eigenvalue weighted by Gasteiger charge is 2.50. The van der Waals surface area contributed by atoms with E-state index in [0.29, 0.717) is 23.6 Å². The topological polar surface area (TPSA) is 85.2 Å². The number of aromatic nitrogens is 4.